The van der Waals surface area contributed by atoms with Gasteiger partial charge in [-0.2, -0.15) is 0 Å². The van der Waals surface area contributed by atoms with E-state index >= 15 is 0 Å². The quantitative estimate of drug-likeness (QED) is 0.298. The van der Waals surface area contributed by atoms with E-state index in [1.54, 1.807) is 17.4 Å². The van der Waals surface area contributed by atoms with Crippen LogP contribution in [-0.4, -0.2) is 55.8 Å². The summed E-state index contributed by atoms with van der Waals surface area (Å²) >= 11 is 0.896. The minimum atomic E-state index is -0.485. The summed E-state index contributed by atoms with van der Waals surface area (Å²) in [5.74, 6) is -0.268. The SMILES string of the molecule is Cc1ccc(C(=O)NCCCn2ccnc2)c(C2CCN(C(=O)c3ccc([N+](=O)[O-])s3)CC2)n1. The van der Waals surface area contributed by atoms with Crippen LogP contribution in [-0.2, 0) is 6.54 Å². The van der Waals surface area contributed by atoms with Crippen molar-refractivity contribution in [3.05, 3.63) is 74.9 Å². The zero-order valence-electron chi connectivity index (χ0n) is 18.8. The molecular formula is C23H26N6O4S. The van der Waals surface area contributed by atoms with Gasteiger partial charge < -0.3 is 14.8 Å². The van der Waals surface area contributed by atoms with E-state index in [1.807, 2.05) is 29.8 Å². The number of hydrogen-bond acceptors (Lipinski definition) is 7. The van der Waals surface area contributed by atoms with E-state index in [4.69, 9.17) is 0 Å². The Kier molecular flexibility index (Phi) is 7.31. The zero-order chi connectivity index (χ0) is 24.1. The van der Waals surface area contributed by atoms with Crippen molar-refractivity contribution in [2.75, 3.05) is 19.6 Å². The fraction of sp³-hybridized carbons (Fsp3) is 0.391. The largest absolute Gasteiger partial charge is 0.352 e. The fourth-order valence-electron chi connectivity index (χ4n) is 4.11. The Morgan fingerprint density at radius 1 is 1.24 bits per heavy atom. The first kappa shape index (κ1) is 23.6. The molecule has 0 aromatic carbocycles. The number of piperidine rings is 1. The van der Waals surface area contributed by atoms with Gasteiger partial charge in [-0.05, 0) is 44.4 Å². The second-order valence-corrected chi connectivity index (χ2v) is 9.32. The molecule has 3 aromatic rings. The fourth-order valence-corrected chi connectivity index (χ4v) is 4.90. The van der Waals surface area contributed by atoms with Crippen LogP contribution in [0.2, 0.25) is 0 Å². The van der Waals surface area contributed by atoms with Crippen molar-refractivity contribution in [2.24, 2.45) is 0 Å². The standard InChI is InChI=1S/C23H26N6O4S/c1-16-3-4-18(22(30)25-9-2-11-27-14-10-24-15-27)21(26-16)17-7-12-28(13-8-17)23(31)19-5-6-20(34-19)29(32)33/h3-6,10,14-15,17H,2,7-9,11-13H2,1H3,(H,25,30). The first-order valence-corrected chi connectivity index (χ1v) is 12.0. The van der Waals surface area contributed by atoms with E-state index in [9.17, 15) is 19.7 Å². The molecule has 34 heavy (non-hydrogen) atoms. The maximum atomic E-state index is 12.9. The van der Waals surface area contributed by atoms with Crippen LogP contribution in [0.1, 0.15) is 56.6 Å². The van der Waals surface area contributed by atoms with Crippen LogP contribution in [0.3, 0.4) is 0 Å². The third-order valence-electron chi connectivity index (χ3n) is 5.90. The van der Waals surface area contributed by atoms with Gasteiger partial charge in [0.1, 0.15) is 0 Å². The number of nitrogens with one attached hydrogen (secondary N) is 1. The highest BCUT2D eigenvalue weighted by Gasteiger charge is 2.29. The number of imidazole rings is 1. The molecule has 0 unspecified atom stereocenters. The number of aryl methyl sites for hydroxylation is 2. The van der Waals surface area contributed by atoms with Crippen LogP contribution in [0.25, 0.3) is 0 Å². The highest BCUT2D eigenvalue weighted by Crippen LogP contribution is 2.31. The molecule has 3 aromatic heterocycles. The van der Waals surface area contributed by atoms with Gasteiger partial charge in [0.25, 0.3) is 11.8 Å². The highest BCUT2D eigenvalue weighted by molar-refractivity contribution is 7.17. The van der Waals surface area contributed by atoms with Crippen LogP contribution < -0.4 is 5.32 Å². The molecule has 0 atom stereocenters. The summed E-state index contributed by atoms with van der Waals surface area (Å²) in [6, 6.07) is 6.54. The molecule has 1 saturated heterocycles. The van der Waals surface area contributed by atoms with E-state index in [2.05, 4.69) is 15.3 Å². The van der Waals surface area contributed by atoms with E-state index < -0.39 is 4.92 Å². The predicted molar refractivity (Wildman–Crippen MR) is 127 cm³/mol. The first-order valence-electron chi connectivity index (χ1n) is 11.2. The lowest BCUT2D eigenvalue weighted by Gasteiger charge is -2.32. The maximum Gasteiger partial charge on any atom is 0.324 e. The van der Waals surface area contributed by atoms with Crippen molar-refractivity contribution < 1.29 is 14.5 Å². The van der Waals surface area contributed by atoms with Crippen molar-refractivity contribution in [3.63, 3.8) is 0 Å². The molecular weight excluding hydrogens is 456 g/mol. The van der Waals surface area contributed by atoms with E-state index in [0.29, 0.717) is 42.9 Å². The number of nitro groups is 1. The van der Waals surface area contributed by atoms with Gasteiger partial charge >= 0.3 is 5.00 Å². The van der Waals surface area contributed by atoms with Crippen LogP contribution in [0.5, 0.6) is 0 Å². The number of nitrogens with zero attached hydrogens (tertiary/aromatic N) is 5. The monoisotopic (exact) mass is 482 g/mol. The van der Waals surface area contributed by atoms with Crippen molar-refractivity contribution >= 4 is 28.2 Å². The molecule has 1 aliphatic heterocycles. The summed E-state index contributed by atoms with van der Waals surface area (Å²) in [6.07, 6.45) is 7.51. The molecule has 1 N–H and O–H groups in total. The van der Waals surface area contributed by atoms with Crippen molar-refractivity contribution in [2.45, 2.75) is 38.6 Å². The summed E-state index contributed by atoms with van der Waals surface area (Å²) in [5, 5.41) is 13.9. The van der Waals surface area contributed by atoms with Gasteiger partial charge in [0.05, 0.1) is 27.4 Å². The molecule has 0 saturated carbocycles. The molecule has 0 bridgehead atoms. The Balaban J connectivity index is 1.36. The maximum absolute atomic E-state index is 12.9. The van der Waals surface area contributed by atoms with Gasteiger partial charge in [-0.25, -0.2) is 4.98 Å². The first-order chi connectivity index (χ1) is 16.4. The number of carbonyl (C=O) groups excluding carboxylic acids is 2. The molecule has 10 nitrogen and oxygen atoms in total. The predicted octanol–water partition coefficient (Wildman–Crippen LogP) is 3.40. The number of thiophene rings is 1. The molecule has 0 spiro atoms. The van der Waals surface area contributed by atoms with Gasteiger partial charge in [0.15, 0.2) is 0 Å². The molecule has 0 aliphatic carbocycles. The topological polar surface area (TPSA) is 123 Å². The zero-order valence-corrected chi connectivity index (χ0v) is 19.7. The average molecular weight is 483 g/mol. The van der Waals surface area contributed by atoms with Gasteiger partial charge in [-0.1, -0.05) is 11.3 Å². The van der Waals surface area contributed by atoms with E-state index in [-0.39, 0.29) is 22.7 Å². The van der Waals surface area contributed by atoms with E-state index in [1.165, 1.54) is 12.1 Å². The summed E-state index contributed by atoms with van der Waals surface area (Å²) in [7, 11) is 0. The minimum Gasteiger partial charge on any atom is -0.352 e. The van der Waals surface area contributed by atoms with Gasteiger partial charge in [0, 0.05) is 56.3 Å². The number of rotatable bonds is 8. The molecule has 1 aliphatic rings. The normalized spacial score (nSPS) is 14.2. The third kappa shape index (κ3) is 5.48. The summed E-state index contributed by atoms with van der Waals surface area (Å²) in [5.41, 5.74) is 2.19. The second-order valence-electron chi connectivity index (χ2n) is 8.26. The lowest BCUT2D eigenvalue weighted by molar-refractivity contribution is -0.380. The van der Waals surface area contributed by atoms with Crippen molar-refractivity contribution in [1.82, 2.24) is 24.8 Å². The average Bonchev–Trinajstić information content (AvgIpc) is 3.54. The molecule has 0 radical (unpaired) electrons. The number of carbonyl (C=O) groups is 2. The van der Waals surface area contributed by atoms with Crippen LogP contribution in [0.4, 0.5) is 5.00 Å². The van der Waals surface area contributed by atoms with Crippen LogP contribution in [0.15, 0.2) is 43.0 Å². The Morgan fingerprint density at radius 2 is 2.03 bits per heavy atom. The molecule has 11 heteroatoms. The van der Waals surface area contributed by atoms with Crippen LogP contribution in [0, 0.1) is 17.0 Å². The van der Waals surface area contributed by atoms with E-state index in [0.717, 1.165) is 35.7 Å². The number of hydrogen-bond donors (Lipinski definition) is 1. The Morgan fingerprint density at radius 3 is 2.71 bits per heavy atom. The molecule has 2 amide bonds. The van der Waals surface area contributed by atoms with Gasteiger partial charge in [-0.3, -0.25) is 24.7 Å². The molecule has 4 rings (SSSR count). The van der Waals surface area contributed by atoms with Crippen LogP contribution >= 0.6 is 11.3 Å². The number of pyridine rings is 1. The van der Waals surface area contributed by atoms with Gasteiger partial charge in [0.2, 0.25) is 0 Å². The number of likely N-dealkylation sites (tertiary alicyclic amines) is 1. The Labute approximate surface area is 200 Å². The van der Waals surface area contributed by atoms with Gasteiger partial charge in [-0.15, -0.1) is 0 Å². The molecule has 4 heterocycles. The summed E-state index contributed by atoms with van der Waals surface area (Å²) in [6.45, 7) is 4.25. The molecule has 1 fully saturated rings. The summed E-state index contributed by atoms with van der Waals surface area (Å²) < 4.78 is 1.97. The minimum absolute atomic E-state index is 0.0390. The lowest BCUT2D eigenvalue weighted by Crippen LogP contribution is -2.38. The second kappa shape index (κ2) is 10.6. The summed E-state index contributed by atoms with van der Waals surface area (Å²) in [4.78, 5) is 46.9. The van der Waals surface area contributed by atoms with Crippen molar-refractivity contribution in [3.8, 4) is 0 Å². The highest BCUT2D eigenvalue weighted by atomic mass is 32.1. The Bertz CT molecular complexity index is 1170. The van der Waals surface area contributed by atoms with Crippen molar-refractivity contribution in [1.29, 1.82) is 0 Å². The lowest BCUT2D eigenvalue weighted by atomic mass is 9.89. The smallest absolute Gasteiger partial charge is 0.324 e. The number of amides is 2. The Hall–Kier alpha value is -3.60. The third-order valence-corrected chi connectivity index (χ3v) is 6.92. The number of aromatic nitrogens is 3. The molecule has 178 valence electrons.